The molecule has 122 valence electrons. The lowest BCUT2D eigenvalue weighted by atomic mass is 10.1. The lowest BCUT2D eigenvalue weighted by molar-refractivity contribution is -0.126. The van der Waals surface area contributed by atoms with Crippen LogP contribution in [-0.4, -0.2) is 37.8 Å². The number of fused-ring (bicyclic) bond motifs is 1. The third kappa shape index (κ3) is 3.67. The molecular weight excluding hydrogens is 294 g/mol. The van der Waals surface area contributed by atoms with Gasteiger partial charge in [-0.1, -0.05) is 18.2 Å². The Morgan fingerprint density at radius 3 is 2.61 bits per heavy atom. The number of carbonyl (C=O) groups excluding carboxylic acids is 1. The van der Waals surface area contributed by atoms with E-state index in [1.54, 1.807) is 19.3 Å². The van der Waals surface area contributed by atoms with Crippen molar-refractivity contribution in [1.29, 1.82) is 0 Å². The van der Waals surface area contributed by atoms with Crippen LogP contribution in [0.1, 0.15) is 24.8 Å². The molecule has 0 spiro atoms. The Morgan fingerprint density at radius 1 is 1.13 bits per heavy atom. The number of nitrogens with zero attached hydrogens (tertiary/aromatic N) is 1. The summed E-state index contributed by atoms with van der Waals surface area (Å²) in [5.41, 5.74) is 0.881. The van der Waals surface area contributed by atoms with Gasteiger partial charge in [0.15, 0.2) is 11.5 Å². The SMILES string of the molecule is COc1cc2c(cc1C=CC=CC(=O)N1CCCCC1)OCO2. The van der Waals surface area contributed by atoms with Crippen LogP contribution in [0.2, 0.25) is 0 Å². The second-order valence-electron chi connectivity index (χ2n) is 5.55. The van der Waals surface area contributed by atoms with Crippen molar-refractivity contribution in [2.75, 3.05) is 27.0 Å². The summed E-state index contributed by atoms with van der Waals surface area (Å²) in [4.78, 5) is 13.9. The van der Waals surface area contributed by atoms with Crippen LogP contribution in [0, 0.1) is 0 Å². The first-order valence-electron chi connectivity index (χ1n) is 7.89. The highest BCUT2D eigenvalue weighted by Crippen LogP contribution is 2.38. The molecule has 3 rings (SSSR count). The van der Waals surface area contributed by atoms with E-state index in [0.717, 1.165) is 31.5 Å². The topological polar surface area (TPSA) is 48.0 Å². The highest BCUT2D eigenvalue weighted by Gasteiger charge is 2.16. The number of likely N-dealkylation sites (tertiary alicyclic amines) is 1. The fourth-order valence-corrected chi connectivity index (χ4v) is 2.76. The summed E-state index contributed by atoms with van der Waals surface area (Å²) in [7, 11) is 1.62. The standard InChI is InChI=1S/C18H21NO4/c1-21-15-12-17-16(22-13-23-17)11-14(15)7-3-4-8-18(20)19-9-5-2-6-10-19/h3-4,7-8,11-12H,2,5-6,9-10,13H2,1H3. The third-order valence-electron chi connectivity index (χ3n) is 4.02. The molecule has 1 aromatic rings. The van der Waals surface area contributed by atoms with Crippen LogP contribution in [0.5, 0.6) is 17.2 Å². The van der Waals surface area contributed by atoms with Gasteiger partial charge in [-0.2, -0.15) is 0 Å². The van der Waals surface area contributed by atoms with Gasteiger partial charge in [-0.15, -0.1) is 0 Å². The molecule has 2 aliphatic rings. The number of ether oxygens (including phenoxy) is 3. The summed E-state index contributed by atoms with van der Waals surface area (Å²) in [6.07, 6.45) is 10.5. The fourth-order valence-electron chi connectivity index (χ4n) is 2.76. The van der Waals surface area contributed by atoms with E-state index in [2.05, 4.69) is 0 Å². The summed E-state index contributed by atoms with van der Waals surface area (Å²) >= 11 is 0. The molecule has 5 nitrogen and oxygen atoms in total. The number of carbonyl (C=O) groups is 1. The van der Waals surface area contributed by atoms with E-state index < -0.39 is 0 Å². The maximum Gasteiger partial charge on any atom is 0.246 e. The molecule has 1 aromatic carbocycles. The first-order chi connectivity index (χ1) is 11.3. The molecule has 0 radical (unpaired) electrons. The molecule has 0 unspecified atom stereocenters. The lowest BCUT2D eigenvalue weighted by Gasteiger charge is -2.25. The van der Waals surface area contributed by atoms with E-state index in [0.29, 0.717) is 17.2 Å². The predicted octanol–water partition coefficient (Wildman–Crippen LogP) is 3.01. The van der Waals surface area contributed by atoms with Crippen molar-refractivity contribution in [3.8, 4) is 17.2 Å². The van der Waals surface area contributed by atoms with E-state index in [1.807, 2.05) is 29.2 Å². The maximum atomic E-state index is 12.0. The number of rotatable bonds is 4. The summed E-state index contributed by atoms with van der Waals surface area (Å²) in [6, 6.07) is 3.68. The van der Waals surface area contributed by atoms with E-state index >= 15 is 0 Å². The molecule has 0 bridgehead atoms. The average molecular weight is 315 g/mol. The fraction of sp³-hybridized carbons (Fsp3) is 0.389. The van der Waals surface area contributed by atoms with Gasteiger partial charge in [0, 0.05) is 30.8 Å². The zero-order valence-corrected chi connectivity index (χ0v) is 13.3. The highest BCUT2D eigenvalue weighted by molar-refractivity contribution is 5.88. The molecule has 0 N–H and O–H groups in total. The van der Waals surface area contributed by atoms with Crippen molar-refractivity contribution in [2.45, 2.75) is 19.3 Å². The molecule has 1 amide bonds. The molecule has 0 saturated carbocycles. The molecule has 0 aliphatic carbocycles. The van der Waals surface area contributed by atoms with Gasteiger partial charge in [0.2, 0.25) is 12.7 Å². The Bertz CT molecular complexity index is 630. The molecule has 5 heteroatoms. The molecule has 1 saturated heterocycles. The van der Waals surface area contributed by atoms with Crippen molar-refractivity contribution in [3.63, 3.8) is 0 Å². The highest BCUT2D eigenvalue weighted by atomic mass is 16.7. The third-order valence-corrected chi connectivity index (χ3v) is 4.02. The van der Waals surface area contributed by atoms with Gasteiger partial charge in [-0.3, -0.25) is 4.79 Å². The number of allylic oxidation sites excluding steroid dienone is 2. The zero-order chi connectivity index (χ0) is 16.1. The number of benzene rings is 1. The summed E-state index contributed by atoms with van der Waals surface area (Å²) < 4.78 is 16.1. The predicted molar refractivity (Wildman–Crippen MR) is 87.7 cm³/mol. The number of piperidine rings is 1. The Hall–Kier alpha value is -2.43. The zero-order valence-electron chi connectivity index (χ0n) is 13.3. The van der Waals surface area contributed by atoms with E-state index in [4.69, 9.17) is 14.2 Å². The molecule has 0 atom stereocenters. The van der Waals surface area contributed by atoms with Crippen molar-refractivity contribution in [1.82, 2.24) is 4.90 Å². The van der Waals surface area contributed by atoms with Crippen molar-refractivity contribution < 1.29 is 19.0 Å². The quantitative estimate of drug-likeness (QED) is 0.633. The number of amides is 1. The maximum absolute atomic E-state index is 12.0. The Kier molecular flexibility index (Phi) is 4.86. The lowest BCUT2D eigenvalue weighted by Crippen LogP contribution is -2.34. The first-order valence-corrected chi connectivity index (χ1v) is 7.89. The molecular formula is C18H21NO4. The van der Waals surface area contributed by atoms with Crippen LogP contribution in [0.25, 0.3) is 6.08 Å². The van der Waals surface area contributed by atoms with Gasteiger partial charge in [0.05, 0.1) is 7.11 Å². The van der Waals surface area contributed by atoms with Gasteiger partial charge in [-0.05, 0) is 25.3 Å². The summed E-state index contributed by atoms with van der Waals surface area (Å²) in [5, 5.41) is 0. The average Bonchev–Trinajstić information content (AvgIpc) is 3.05. The van der Waals surface area contributed by atoms with Crippen LogP contribution in [-0.2, 0) is 4.79 Å². The van der Waals surface area contributed by atoms with Crippen LogP contribution in [0.15, 0.2) is 30.4 Å². The number of hydrogen-bond acceptors (Lipinski definition) is 4. The Balaban J connectivity index is 1.65. The minimum absolute atomic E-state index is 0.0759. The van der Waals surface area contributed by atoms with Crippen molar-refractivity contribution in [3.05, 3.63) is 35.9 Å². The van der Waals surface area contributed by atoms with Gasteiger partial charge in [-0.25, -0.2) is 0 Å². The molecule has 2 heterocycles. The van der Waals surface area contributed by atoms with Gasteiger partial charge in [0.25, 0.3) is 0 Å². The van der Waals surface area contributed by atoms with Gasteiger partial charge < -0.3 is 19.1 Å². The monoisotopic (exact) mass is 315 g/mol. The largest absolute Gasteiger partial charge is 0.496 e. The Labute approximate surface area is 136 Å². The van der Waals surface area contributed by atoms with E-state index in [1.165, 1.54) is 6.42 Å². The van der Waals surface area contributed by atoms with Crippen molar-refractivity contribution in [2.24, 2.45) is 0 Å². The molecule has 0 aromatic heterocycles. The minimum Gasteiger partial charge on any atom is -0.496 e. The molecule has 2 aliphatic heterocycles. The van der Waals surface area contributed by atoms with Gasteiger partial charge >= 0.3 is 0 Å². The number of hydrogen-bond donors (Lipinski definition) is 0. The smallest absolute Gasteiger partial charge is 0.246 e. The van der Waals surface area contributed by atoms with E-state index in [-0.39, 0.29) is 12.7 Å². The second kappa shape index (κ2) is 7.22. The van der Waals surface area contributed by atoms with E-state index in [9.17, 15) is 4.79 Å². The van der Waals surface area contributed by atoms with Crippen LogP contribution in [0.3, 0.4) is 0 Å². The van der Waals surface area contributed by atoms with Crippen molar-refractivity contribution >= 4 is 12.0 Å². The normalized spacial score (nSPS) is 17.2. The van der Waals surface area contributed by atoms with Crippen LogP contribution >= 0.6 is 0 Å². The minimum atomic E-state index is 0.0759. The summed E-state index contributed by atoms with van der Waals surface area (Å²) in [5.74, 6) is 2.18. The number of methoxy groups -OCH3 is 1. The molecule has 1 fully saturated rings. The first kappa shape index (κ1) is 15.5. The van der Waals surface area contributed by atoms with Gasteiger partial charge in [0.1, 0.15) is 5.75 Å². The van der Waals surface area contributed by atoms with Crippen LogP contribution in [0.4, 0.5) is 0 Å². The Morgan fingerprint density at radius 2 is 1.87 bits per heavy atom. The van der Waals surface area contributed by atoms with Crippen LogP contribution < -0.4 is 14.2 Å². The second-order valence-corrected chi connectivity index (χ2v) is 5.55. The summed E-state index contributed by atoms with van der Waals surface area (Å²) in [6.45, 7) is 1.96. The molecule has 23 heavy (non-hydrogen) atoms.